The Labute approximate surface area is 96.8 Å². The number of hydrogen-bond donors (Lipinski definition) is 0. The Kier molecular flexibility index (Phi) is 3.31. The van der Waals surface area contributed by atoms with Crippen molar-refractivity contribution < 1.29 is 22.1 Å². The number of hydrogen-bond acceptors (Lipinski definition) is 1. The van der Waals surface area contributed by atoms with Crippen molar-refractivity contribution in [3.05, 3.63) is 24.0 Å². The maximum Gasteiger partial charge on any atom is 0.509 e. The van der Waals surface area contributed by atoms with Crippen LogP contribution in [0.15, 0.2) is 18.2 Å². The van der Waals surface area contributed by atoms with Crippen molar-refractivity contribution in [3.8, 4) is 5.75 Å². The van der Waals surface area contributed by atoms with Crippen molar-refractivity contribution in [1.29, 1.82) is 0 Å². The van der Waals surface area contributed by atoms with Gasteiger partial charge in [0.15, 0.2) is 11.6 Å². The lowest BCUT2D eigenvalue weighted by Crippen LogP contribution is -2.34. The molecule has 0 aromatic heterocycles. The van der Waals surface area contributed by atoms with E-state index in [9.17, 15) is 17.3 Å². The van der Waals surface area contributed by atoms with Crippen molar-refractivity contribution in [2.75, 3.05) is 0 Å². The number of halogens is 4. The third-order valence-electron chi connectivity index (χ3n) is 2.93. The van der Waals surface area contributed by atoms with Gasteiger partial charge in [0.05, 0.1) is 6.10 Å². The fourth-order valence-corrected chi connectivity index (χ4v) is 2.00. The van der Waals surface area contributed by atoms with Gasteiger partial charge in [-0.3, -0.25) is 0 Å². The summed E-state index contributed by atoms with van der Waals surface area (Å²) in [5.74, 6) is -1.02. The molecule has 0 N–H and O–H groups in total. The molecule has 1 aromatic carbocycles. The Morgan fingerprint density at radius 3 is 2.35 bits per heavy atom. The fourth-order valence-electron chi connectivity index (χ4n) is 2.00. The molecule has 0 radical (unpaired) electrons. The molecule has 0 bridgehead atoms. The van der Waals surface area contributed by atoms with E-state index in [4.69, 9.17) is 4.74 Å². The zero-order chi connectivity index (χ0) is 12.5. The van der Waals surface area contributed by atoms with Crippen LogP contribution < -0.4 is 10.2 Å². The van der Waals surface area contributed by atoms with E-state index in [1.54, 1.807) is 0 Å². The van der Waals surface area contributed by atoms with Gasteiger partial charge in [-0.1, -0.05) is 6.07 Å². The van der Waals surface area contributed by atoms with E-state index < -0.39 is 18.3 Å². The predicted octanol–water partition coefficient (Wildman–Crippen LogP) is 3.20. The number of ether oxygens (including phenoxy) is 1. The highest BCUT2D eigenvalue weighted by molar-refractivity contribution is 6.73. The molecule has 0 saturated heterocycles. The van der Waals surface area contributed by atoms with Crippen LogP contribution in [0.3, 0.4) is 0 Å². The molecule has 17 heavy (non-hydrogen) atoms. The average molecular weight is 247 g/mol. The van der Waals surface area contributed by atoms with Gasteiger partial charge in [0, 0.05) is 0 Å². The van der Waals surface area contributed by atoms with Crippen molar-refractivity contribution in [2.24, 2.45) is 0 Å². The second kappa shape index (κ2) is 4.59. The van der Waals surface area contributed by atoms with Crippen LogP contribution in [0.25, 0.3) is 0 Å². The van der Waals surface area contributed by atoms with Crippen molar-refractivity contribution in [3.63, 3.8) is 0 Å². The van der Waals surface area contributed by atoms with E-state index in [0.29, 0.717) is 0 Å². The Balaban J connectivity index is 2.20. The van der Waals surface area contributed by atoms with Crippen molar-refractivity contribution in [2.45, 2.75) is 31.8 Å². The van der Waals surface area contributed by atoms with E-state index in [0.717, 1.165) is 43.9 Å². The zero-order valence-electron chi connectivity index (χ0n) is 9.14. The molecule has 0 amide bonds. The average Bonchev–Trinajstić information content (AvgIpc) is 2.72. The third-order valence-corrected chi connectivity index (χ3v) is 2.93. The second-order valence-corrected chi connectivity index (χ2v) is 4.29. The van der Waals surface area contributed by atoms with Crippen molar-refractivity contribution in [1.82, 2.24) is 0 Å². The molecule has 0 atom stereocenters. The summed E-state index contributed by atoms with van der Waals surface area (Å²) in [4.78, 5) is 0. The van der Waals surface area contributed by atoms with Crippen molar-refractivity contribution >= 4 is 12.4 Å². The van der Waals surface area contributed by atoms with Crippen LogP contribution in [0.1, 0.15) is 25.7 Å². The maximum absolute atomic E-state index is 13.3. The van der Waals surface area contributed by atoms with E-state index in [1.165, 1.54) is 0 Å². The van der Waals surface area contributed by atoms with Crippen LogP contribution in [0.5, 0.6) is 5.75 Å². The molecule has 1 aliphatic carbocycles. The first-order chi connectivity index (χ1) is 7.97. The maximum atomic E-state index is 13.3. The molecule has 0 aliphatic heterocycles. The lowest BCUT2D eigenvalue weighted by atomic mass is 9.80. The highest BCUT2D eigenvalue weighted by Crippen LogP contribution is 2.26. The Morgan fingerprint density at radius 2 is 1.76 bits per heavy atom. The first-order valence-corrected chi connectivity index (χ1v) is 5.63. The summed E-state index contributed by atoms with van der Waals surface area (Å²) in [6.07, 6.45) is 3.37. The minimum absolute atomic E-state index is 0.152. The molecule has 2 rings (SSSR count). The normalized spacial score (nSPS) is 17.4. The first kappa shape index (κ1) is 12.3. The minimum Gasteiger partial charge on any atom is -0.487 e. The zero-order valence-corrected chi connectivity index (χ0v) is 9.14. The third kappa shape index (κ3) is 2.93. The number of benzene rings is 1. The molecule has 0 spiro atoms. The lowest BCUT2D eigenvalue weighted by molar-refractivity contribution is 0.201. The van der Waals surface area contributed by atoms with Gasteiger partial charge in [-0.15, -0.1) is 5.46 Å². The molecular formula is C11H12BF4O-. The highest BCUT2D eigenvalue weighted by atomic mass is 19.4. The van der Waals surface area contributed by atoms with E-state index >= 15 is 0 Å². The van der Waals surface area contributed by atoms with Gasteiger partial charge >= 0.3 is 6.98 Å². The summed E-state index contributed by atoms with van der Waals surface area (Å²) in [6, 6.07) is 2.32. The standard InChI is InChI=1S/C11H12BF4O/c13-10-6-5-8(12(14,15)16)7-11(10)17-9-3-1-2-4-9/h5-7,9H,1-4H2/q-1. The van der Waals surface area contributed by atoms with Gasteiger partial charge in [0.2, 0.25) is 0 Å². The topological polar surface area (TPSA) is 9.23 Å². The highest BCUT2D eigenvalue weighted by Gasteiger charge is 2.27. The Bertz CT molecular complexity index is 399. The fraction of sp³-hybridized carbons (Fsp3) is 0.455. The van der Waals surface area contributed by atoms with Gasteiger partial charge in [0.25, 0.3) is 0 Å². The molecule has 0 unspecified atom stereocenters. The lowest BCUT2D eigenvalue weighted by Gasteiger charge is -2.18. The second-order valence-electron chi connectivity index (χ2n) is 4.29. The Hall–Kier alpha value is -1.20. The van der Waals surface area contributed by atoms with Crippen LogP contribution in [0.4, 0.5) is 17.3 Å². The summed E-state index contributed by atoms with van der Waals surface area (Å²) in [7, 11) is 0. The summed E-state index contributed by atoms with van der Waals surface area (Å²) >= 11 is 0. The molecule has 1 saturated carbocycles. The van der Waals surface area contributed by atoms with Gasteiger partial charge < -0.3 is 17.7 Å². The summed E-state index contributed by atoms with van der Waals surface area (Å²) < 4.78 is 56.1. The molecule has 0 heterocycles. The molecule has 1 aliphatic rings. The first-order valence-electron chi connectivity index (χ1n) is 5.63. The molecule has 6 heteroatoms. The molecule has 94 valence electrons. The van der Waals surface area contributed by atoms with Crippen LogP contribution in [-0.2, 0) is 0 Å². The molecule has 1 fully saturated rings. The number of rotatable bonds is 3. The Morgan fingerprint density at radius 1 is 1.12 bits per heavy atom. The van der Waals surface area contributed by atoms with E-state index in [1.807, 2.05) is 0 Å². The smallest absolute Gasteiger partial charge is 0.487 e. The summed E-state index contributed by atoms with van der Waals surface area (Å²) in [6.45, 7) is -5.11. The van der Waals surface area contributed by atoms with Gasteiger partial charge in [-0.2, -0.15) is 0 Å². The summed E-state index contributed by atoms with van der Waals surface area (Å²) in [5.41, 5.74) is -0.820. The van der Waals surface area contributed by atoms with Gasteiger partial charge in [0.1, 0.15) is 0 Å². The van der Waals surface area contributed by atoms with Gasteiger partial charge in [-0.05, 0) is 37.8 Å². The quantitative estimate of drug-likeness (QED) is 0.588. The molecular weight excluding hydrogens is 235 g/mol. The van der Waals surface area contributed by atoms with Gasteiger partial charge in [-0.25, -0.2) is 4.39 Å². The van der Waals surface area contributed by atoms with Crippen LogP contribution in [0.2, 0.25) is 0 Å². The van der Waals surface area contributed by atoms with E-state index in [2.05, 4.69) is 0 Å². The largest absolute Gasteiger partial charge is 0.509 e. The molecule has 1 aromatic rings. The molecule has 1 nitrogen and oxygen atoms in total. The van der Waals surface area contributed by atoms with Crippen LogP contribution >= 0.6 is 0 Å². The summed E-state index contributed by atoms with van der Waals surface area (Å²) in [5, 5.41) is 0. The predicted molar refractivity (Wildman–Crippen MR) is 58.0 cm³/mol. The minimum atomic E-state index is -5.11. The van der Waals surface area contributed by atoms with E-state index in [-0.39, 0.29) is 11.9 Å². The SMILES string of the molecule is Fc1ccc([B-](F)(F)F)cc1OC1CCCC1. The van der Waals surface area contributed by atoms with Crippen LogP contribution in [0, 0.1) is 5.82 Å². The van der Waals surface area contributed by atoms with Crippen LogP contribution in [-0.4, -0.2) is 13.1 Å². The monoisotopic (exact) mass is 247 g/mol.